The molecule has 0 radical (unpaired) electrons. The summed E-state index contributed by atoms with van der Waals surface area (Å²) in [6.45, 7) is 0.653. The Morgan fingerprint density at radius 2 is 1.68 bits per heavy atom. The van der Waals surface area contributed by atoms with Crippen molar-refractivity contribution in [3.63, 3.8) is 0 Å². The quantitative estimate of drug-likeness (QED) is 0.425. The van der Waals surface area contributed by atoms with Crippen LogP contribution in [-0.4, -0.2) is 32.2 Å². The van der Waals surface area contributed by atoms with Crippen LogP contribution in [0.2, 0.25) is 0 Å². The van der Waals surface area contributed by atoms with Gasteiger partial charge in [-0.05, 0) is 48.1 Å². The summed E-state index contributed by atoms with van der Waals surface area (Å²) in [4.78, 5) is 5.72. The van der Waals surface area contributed by atoms with Gasteiger partial charge in [0.15, 0.2) is 16.7 Å². The molecule has 0 aromatic heterocycles. The normalized spacial score (nSPS) is 11.4. The Hall–Kier alpha value is -1.79. The fourth-order valence-electron chi connectivity index (χ4n) is 2.26. The first kappa shape index (κ1) is 19.5. The summed E-state index contributed by atoms with van der Waals surface area (Å²) in [5, 5.41) is 0.620. The maximum absolute atomic E-state index is 6.01. The van der Waals surface area contributed by atoms with E-state index in [4.69, 9.17) is 15.2 Å². The van der Waals surface area contributed by atoms with Gasteiger partial charge < -0.3 is 15.2 Å². The SMILES string of the molecule is COc1ccc(CCN=C(N)SCc2ccc(SC)cc2)cc1OC. The lowest BCUT2D eigenvalue weighted by Gasteiger charge is -2.09. The second-order valence-electron chi connectivity index (χ2n) is 5.30. The number of nitrogens with two attached hydrogens (primary N) is 1. The molecule has 134 valence electrons. The summed E-state index contributed by atoms with van der Waals surface area (Å²) in [5.74, 6) is 2.30. The molecule has 0 aliphatic carbocycles. The molecule has 2 aromatic carbocycles. The molecule has 2 aromatic rings. The number of ether oxygens (including phenoxy) is 2. The fourth-order valence-corrected chi connectivity index (χ4v) is 3.35. The van der Waals surface area contributed by atoms with E-state index in [0.29, 0.717) is 11.7 Å². The highest BCUT2D eigenvalue weighted by atomic mass is 32.2. The molecule has 25 heavy (non-hydrogen) atoms. The fraction of sp³-hybridized carbons (Fsp3) is 0.316. The van der Waals surface area contributed by atoms with Crippen LogP contribution in [0.1, 0.15) is 11.1 Å². The van der Waals surface area contributed by atoms with Crippen LogP contribution in [0.25, 0.3) is 0 Å². The molecule has 0 aliphatic rings. The van der Waals surface area contributed by atoms with Crippen molar-refractivity contribution in [3.8, 4) is 11.5 Å². The number of nitrogens with zero attached hydrogens (tertiary/aromatic N) is 1. The molecule has 0 bridgehead atoms. The van der Waals surface area contributed by atoms with Crippen molar-refractivity contribution in [3.05, 3.63) is 53.6 Å². The number of hydrogen-bond donors (Lipinski definition) is 1. The molecule has 0 spiro atoms. The van der Waals surface area contributed by atoms with E-state index >= 15 is 0 Å². The topological polar surface area (TPSA) is 56.8 Å². The largest absolute Gasteiger partial charge is 0.493 e. The molecule has 4 nitrogen and oxygen atoms in total. The summed E-state index contributed by atoms with van der Waals surface area (Å²) >= 11 is 3.31. The van der Waals surface area contributed by atoms with Gasteiger partial charge >= 0.3 is 0 Å². The second-order valence-corrected chi connectivity index (χ2v) is 7.17. The van der Waals surface area contributed by atoms with Crippen LogP contribution in [0, 0.1) is 0 Å². The van der Waals surface area contributed by atoms with Gasteiger partial charge in [0.2, 0.25) is 0 Å². The Morgan fingerprint density at radius 3 is 2.32 bits per heavy atom. The lowest BCUT2D eigenvalue weighted by molar-refractivity contribution is 0.354. The molecule has 0 amide bonds. The van der Waals surface area contributed by atoms with Crippen LogP contribution in [-0.2, 0) is 12.2 Å². The van der Waals surface area contributed by atoms with Gasteiger partial charge in [0.05, 0.1) is 14.2 Å². The Bertz CT molecular complexity index is 703. The number of thioether (sulfide) groups is 2. The average molecular weight is 377 g/mol. The van der Waals surface area contributed by atoms with Crippen molar-refractivity contribution in [2.75, 3.05) is 27.0 Å². The Morgan fingerprint density at radius 1 is 1.00 bits per heavy atom. The van der Waals surface area contributed by atoms with Gasteiger partial charge in [-0.25, -0.2) is 0 Å². The Kier molecular flexibility index (Phi) is 8.01. The lowest BCUT2D eigenvalue weighted by Crippen LogP contribution is -2.08. The van der Waals surface area contributed by atoms with Crippen molar-refractivity contribution >= 4 is 28.7 Å². The van der Waals surface area contributed by atoms with E-state index < -0.39 is 0 Å². The van der Waals surface area contributed by atoms with E-state index in [-0.39, 0.29) is 0 Å². The van der Waals surface area contributed by atoms with Gasteiger partial charge in [0.25, 0.3) is 0 Å². The van der Waals surface area contributed by atoms with Gasteiger partial charge in [0.1, 0.15) is 0 Å². The van der Waals surface area contributed by atoms with E-state index in [1.54, 1.807) is 37.7 Å². The smallest absolute Gasteiger partial charge is 0.160 e. The minimum absolute atomic E-state index is 0.620. The van der Waals surface area contributed by atoms with Crippen LogP contribution < -0.4 is 15.2 Å². The zero-order valence-electron chi connectivity index (χ0n) is 14.8. The maximum atomic E-state index is 6.01. The van der Waals surface area contributed by atoms with E-state index in [9.17, 15) is 0 Å². The lowest BCUT2D eigenvalue weighted by atomic mass is 10.1. The third-order valence-corrected chi connectivity index (χ3v) is 5.31. The Labute approximate surface area is 158 Å². The first-order chi connectivity index (χ1) is 12.2. The zero-order chi connectivity index (χ0) is 18.1. The summed E-state index contributed by atoms with van der Waals surface area (Å²) in [6.07, 6.45) is 2.89. The highest BCUT2D eigenvalue weighted by Gasteiger charge is 2.04. The molecule has 6 heteroatoms. The number of benzene rings is 2. The van der Waals surface area contributed by atoms with Gasteiger partial charge in [-0.1, -0.05) is 30.0 Å². The minimum Gasteiger partial charge on any atom is -0.493 e. The van der Waals surface area contributed by atoms with Crippen LogP contribution in [0.15, 0.2) is 52.4 Å². The Balaban J connectivity index is 1.82. The third-order valence-electron chi connectivity index (χ3n) is 3.66. The van der Waals surface area contributed by atoms with E-state index in [1.165, 1.54) is 10.5 Å². The van der Waals surface area contributed by atoms with Crippen molar-refractivity contribution in [1.82, 2.24) is 0 Å². The summed E-state index contributed by atoms with van der Waals surface area (Å²) in [5.41, 5.74) is 8.40. The summed E-state index contributed by atoms with van der Waals surface area (Å²) < 4.78 is 10.6. The second kappa shape index (κ2) is 10.3. The van der Waals surface area contributed by atoms with Crippen LogP contribution >= 0.6 is 23.5 Å². The number of aliphatic imine (C=N–C) groups is 1. The number of rotatable bonds is 8. The van der Waals surface area contributed by atoms with E-state index in [2.05, 4.69) is 35.5 Å². The predicted octanol–water partition coefficient (Wildman–Crippen LogP) is 4.22. The van der Waals surface area contributed by atoms with Gasteiger partial charge in [-0.15, -0.1) is 11.8 Å². The number of hydrogen-bond acceptors (Lipinski definition) is 5. The molecule has 0 unspecified atom stereocenters. The molecule has 0 aliphatic heterocycles. The molecular weight excluding hydrogens is 352 g/mol. The van der Waals surface area contributed by atoms with Gasteiger partial charge in [0, 0.05) is 17.2 Å². The highest BCUT2D eigenvalue weighted by molar-refractivity contribution is 8.13. The molecular formula is C19H24N2O2S2. The van der Waals surface area contributed by atoms with Gasteiger partial charge in [-0.3, -0.25) is 4.99 Å². The van der Waals surface area contributed by atoms with Crippen LogP contribution in [0.3, 0.4) is 0 Å². The minimum atomic E-state index is 0.620. The monoisotopic (exact) mass is 376 g/mol. The number of amidine groups is 1. The molecule has 2 N–H and O–H groups in total. The molecule has 0 atom stereocenters. The number of methoxy groups -OCH3 is 2. The first-order valence-corrected chi connectivity index (χ1v) is 10.1. The van der Waals surface area contributed by atoms with E-state index in [1.807, 2.05) is 18.2 Å². The summed E-state index contributed by atoms with van der Waals surface area (Å²) in [6, 6.07) is 14.4. The first-order valence-electron chi connectivity index (χ1n) is 7.92. The molecule has 0 saturated carbocycles. The molecule has 0 heterocycles. The standard InChI is InChI=1S/C19H24N2O2S2/c1-22-17-9-6-14(12-18(17)23-2)10-11-21-19(20)25-13-15-4-7-16(24-3)8-5-15/h4-9,12H,10-11,13H2,1-3H3,(H2,20,21). The van der Waals surface area contributed by atoms with Crippen molar-refractivity contribution < 1.29 is 9.47 Å². The third kappa shape index (κ3) is 6.21. The highest BCUT2D eigenvalue weighted by Crippen LogP contribution is 2.27. The van der Waals surface area contributed by atoms with E-state index in [0.717, 1.165) is 29.2 Å². The molecule has 2 rings (SSSR count). The van der Waals surface area contributed by atoms with Crippen molar-refractivity contribution in [2.24, 2.45) is 10.7 Å². The van der Waals surface area contributed by atoms with Crippen molar-refractivity contribution in [1.29, 1.82) is 0 Å². The van der Waals surface area contributed by atoms with Crippen LogP contribution in [0.4, 0.5) is 0 Å². The summed E-state index contributed by atoms with van der Waals surface area (Å²) in [7, 11) is 3.27. The molecule has 0 saturated heterocycles. The molecule has 0 fully saturated rings. The van der Waals surface area contributed by atoms with Gasteiger partial charge in [-0.2, -0.15) is 0 Å². The zero-order valence-corrected chi connectivity index (χ0v) is 16.5. The van der Waals surface area contributed by atoms with Crippen molar-refractivity contribution in [2.45, 2.75) is 17.1 Å². The average Bonchev–Trinajstić information content (AvgIpc) is 2.66. The predicted molar refractivity (Wildman–Crippen MR) is 109 cm³/mol. The van der Waals surface area contributed by atoms with Crippen LogP contribution in [0.5, 0.6) is 11.5 Å². The maximum Gasteiger partial charge on any atom is 0.160 e.